The van der Waals surface area contributed by atoms with Gasteiger partial charge >= 0.3 is 0 Å². The third-order valence-corrected chi connectivity index (χ3v) is 3.24. The number of methoxy groups -OCH3 is 1. The van der Waals surface area contributed by atoms with Crippen LogP contribution in [0, 0.1) is 0 Å². The molecule has 17 heavy (non-hydrogen) atoms. The molecule has 0 saturated heterocycles. The summed E-state index contributed by atoms with van der Waals surface area (Å²) in [4.78, 5) is 0. The van der Waals surface area contributed by atoms with Crippen molar-refractivity contribution in [3.05, 3.63) is 29.8 Å². The summed E-state index contributed by atoms with van der Waals surface area (Å²) in [6.45, 7) is 0.872. The van der Waals surface area contributed by atoms with Gasteiger partial charge in [-0.05, 0) is 43.4 Å². The van der Waals surface area contributed by atoms with Crippen molar-refractivity contribution in [2.75, 3.05) is 20.3 Å². The van der Waals surface area contributed by atoms with Crippen LogP contribution in [0.25, 0.3) is 0 Å². The third kappa shape index (κ3) is 3.43. The molecule has 0 atom stereocenters. The molecule has 0 radical (unpaired) electrons. The summed E-state index contributed by atoms with van der Waals surface area (Å²) in [7, 11) is 1.68. The predicted octanol–water partition coefficient (Wildman–Crippen LogP) is 3.15. The lowest BCUT2D eigenvalue weighted by molar-refractivity contribution is 0.0124. The minimum absolute atomic E-state index is 0.181. The number of halogens is 1. The normalized spacial score (nSPS) is 17.5. The molecular formula is C14H19FO2. The molecule has 3 heteroatoms. The molecule has 0 unspecified atom stereocenters. The van der Waals surface area contributed by atoms with Crippen LogP contribution in [0.1, 0.15) is 24.8 Å². The Morgan fingerprint density at radius 3 is 2.82 bits per heavy atom. The minimum atomic E-state index is -1.08. The summed E-state index contributed by atoms with van der Waals surface area (Å²) >= 11 is 0. The highest BCUT2D eigenvalue weighted by atomic mass is 19.1. The lowest BCUT2D eigenvalue weighted by Crippen LogP contribution is -2.38. The van der Waals surface area contributed by atoms with Gasteiger partial charge in [-0.15, -0.1) is 0 Å². The van der Waals surface area contributed by atoms with Crippen molar-refractivity contribution in [1.82, 2.24) is 0 Å². The van der Waals surface area contributed by atoms with Crippen molar-refractivity contribution in [2.24, 2.45) is 0 Å². The lowest BCUT2D eigenvalue weighted by atomic mass is 9.83. The molecule has 0 spiro atoms. The van der Waals surface area contributed by atoms with E-state index in [0.29, 0.717) is 19.4 Å². The fourth-order valence-corrected chi connectivity index (χ4v) is 1.93. The second-order valence-corrected chi connectivity index (χ2v) is 4.68. The Bertz CT molecular complexity index is 361. The highest BCUT2D eigenvalue weighted by Gasteiger charge is 2.37. The van der Waals surface area contributed by atoms with Gasteiger partial charge in [0.25, 0.3) is 0 Å². The Balaban J connectivity index is 1.87. The summed E-state index contributed by atoms with van der Waals surface area (Å²) in [5.41, 5.74) is 0.0774. The second-order valence-electron chi connectivity index (χ2n) is 4.68. The SMILES string of the molecule is COCCc1cccc(OCC2(F)CCC2)c1. The zero-order chi connectivity index (χ0) is 12.1. The van der Waals surface area contributed by atoms with Crippen molar-refractivity contribution in [1.29, 1.82) is 0 Å². The van der Waals surface area contributed by atoms with Crippen molar-refractivity contribution >= 4 is 0 Å². The van der Waals surface area contributed by atoms with Crippen LogP contribution < -0.4 is 4.74 Å². The number of ether oxygens (including phenoxy) is 2. The summed E-state index contributed by atoms with van der Waals surface area (Å²) in [6.07, 6.45) is 3.11. The molecule has 0 bridgehead atoms. The fourth-order valence-electron chi connectivity index (χ4n) is 1.93. The van der Waals surface area contributed by atoms with E-state index in [1.54, 1.807) is 7.11 Å². The molecule has 0 aromatic heterocycles. The van der Waals surface area contributed by atoms with Crippen molar-refractivity contribution in [3.63, 3.8) is 0 Å². The lowest BCUT2D eigenvalue weighted by Gasteiger charge is -2.33. The number of hydrogen-bond acceptors (Lipinski definition) is 2. The van der Waals surface area contributed by atoms with Crippen molar-refractivity contribution in [3.8, 4) is 5.75 Å². The molecule has 0 amide bonds. The van der Waals surface area contributed by atoms with Gasteiger partial charge in [0.05, 0.1) is 6.61 Å². The number of hydrogen-bond donors (Lipinski definition) is 0. The van der Waals surface area contributed by atoms with E-state index in [2.05, 4.69) is 0 Å². The standard InChI is InChI=1S/C14H19FO2/c1-16-9-6-12-4-2-5-13(10-12)17-11-14(15)7-3-8-14/h2,4-5,10H,3,6-9,11H2,1H3. The van der Waals surface area contributed by atoms with Gasteiger partial charge in [-0.3, -0.25) is 0 Å². The number of benzene rings is 1. The van der Waals surface area contributed by atoms with Crippen LogP contribution in [0.5, 0.6) is 5.75 Å². The quantitative estimate of drug-likeness (QED) is 0.758. The summed E-state index contributed by atoms with van der Waals surface area (Å²) < 4.78 is 24.3. The van der Waals surface area contributed by atoms with Crippen LogP contribution in [0.15, 0.2) is 24.3 Å². The maximum Gasteiger partial charge on any atom is 0.144 e. The van der Waals surface area contributed by atoms with Crippen LogP contribution >= 0.6 is 0 Å². The van der Waals surface area contributed by atoms with E-state index < -0.39 is 5.67 Å². The first-order chi connectivity index (χ1) is 8.22. The molecule has 1 fully saturated rings. The fraction of sp³-hybridized carbons (Fsp3) is 0.571. The molecule has 1 aromatic rings. The Hall–Kier alpha value is -1.09. The highest BCUT2D eigenvalue weighted by Crippen LogP contribution is 2.36. The zero-order valence-corrected chi connectivity index (χ0v) is 10.2. The highest BCUT2D eigenvalue weighted by molar-refractivity contribution is 5.28. The van der Waals surface area contributed by atoms with E-state index in [1.165, 1.54) is 0 Å². The molecule has 1 aromatic carbocycles. The van der Waals surface area contributed by atoms with Gasteiger partial charge < -0.3 is 9.47 Å². The minimum Gasteiger partial charge on any atom is -0.490 e. The summed E-state index contributed by atoms with van der Waals surface area (Å²) in [6, 6.07) is 7.80. The zero-order valence-electron chi connectivity index (χ0n) is 10.2. The van der Waals surface area contributed by atoms with E-state index in [-0.39, 0.29) is 6.61 Å². The van der Waals surface area contributed by atoms with E-state index in [9.17, 15) is 4.39 Å². The van der Waals surface area contributed by atoms with E-state index >= 15 is 0 Å². The first kappa shape index (κ1) is 12.4. The van der Waals surface area contributed by atoms with E-state index in [4.69, 9.17) is 9.47 Å². The molecule has 0 heterocycles. The summed E-state index contributed by atoms with van der Waals surface area (Å²) in [5, 5.41) is 0. The van der Waals surface area contributed by atoms with Crippen LogP contribution in [-0.2, 0) is 11.2 Å². The molecule has 0 aliphatic heterocycles. The molecule has 1 aliphatic carbocycles. The Morgan fingerprint density at radius 1 is 1.35 bits per heavy atom. The van der Waals surface area contributed by atoms with Crippen LogP contribution in [0.4, 0.5) is 4.39 Å². The topological polar surface area (TPSA) is 18.5 Å². The maximum absolute atomic E-state index is 13.8. The van der Waals surface area contributed by atoms with Crippen LogP contribution in [0.2, 0.25) is 0 Å². The molecule has 2 nitrogen and oxygen atoms in total. The molecule has 0 N–H and O–H groups in total. The molecule has 1 saturated carbocycles. The Morgan fingerprint density at radius 2 is 2.18 bits per heavy atom. The largest absolute Gasteiger partial charge is 0.490 e. The molecule has 94 valence electrons. The van der Waals surface area contributed by atoms with Crippen molar-refractivity contribution < 1.29 is 13.9 Å². The molecular weight excluding hydrogens is 219 g/mol. The van der Waals surface area contributed by atoms with Gasteiger partial charge in [0, 0.05) is 7.11 Å². The number of alkyl halides is 1. The van der Waals surface area contributed by atoms with Gasteiger partial charge in [-0.25, -0.2) is 4.39 Å². The molecule has 2 rings (SSSR count). The van der Waals surface area contributed by atoms with Gasteiger partial charge in [0.15, 0.2) is 0 Å². The average Bonchev–Trinajstić information content (AvgIpc) is 2.32. The maximum atomic E-state index is 13.8. The van der Waals surface area contributed by atoms with Crippen LogP contribution in [0.3, 0.4) is 0 Å². The average molecular weight is 238 g/mol. The monoisotopic (exact) mass is 238 g/mol. The van der Waals surface area contributed by atoms with Gasteiger partial charge in [-0.1, -0.05) is 12.1 Å². The van der Waals surface area contributed by atoms with Gasteiger partial charge in [0.2, 0.25) is 0 Å². The summed E-state index contributed by atoms with van der Waals surface area (Å²) in [5.74, 6) is 0.752. The van der Waals surface area contributed by atoms with E-state index in [1.807, 2.05) is 24.3 Å². The Kier molecular flexibility index (Phi) is 4.00. The van der Waals surface area contributed by atoms with Gasteiger partial charge in [0.1, 0.15) is 18.0 Å². The van der Waals surface area contributed by atoms with Crippen LogP contribution in [-0.4, -0.2) is 26.0 Å². The van der Waals surface area contributed by atoms with Gasteiger partial charge in [-0.2, -0.15) is 0 Å². The van der Waals surface area contributed by atoms with E-state index in [0.717, 1.165) is 24.2 Å². The predicted molar refractivity (Wildman–Crippen MR) is 65.2 cm³/mol. The first-order valence-corrected chi connectivity index (χ1v) is 6.11. The van der Waals surface area contributed by atoms with Crippen molar-refractivity contribution in [2.45, 2.75) is 31.4 Å². The second kappa shape index (κ2) is 5.50. The first-order valence-electron chi connectivity index (χ1n) is 6.11. The Labute approximate surface area is 102 Å². The third-order valence-electron chi connectivity index (χ3n) is 3.24. The molecule has 1 aliphatic rings. The number of rotatable bonds is 6. The smallest absolute Gasteiger partial charge is 0.144 e.